The summed E-state index contributed by atoms with van der Waals surface area (Å²) in [6, 6.07) is 9.27. The first kappa shape index (κ1) is 17.9. The summed E-state index contributed by atoms with van der Waals surface area (Å²) in [5.41, 5.74) is 0.678. The second-order valence-electron chi connectivity index (χ2n) is 4.58. The third-order valence-corrected chi connectivity index (χ3v) is 5.29. The van der Waals surface area contributed by atoms with Gasteiger partial charge in [-0.05, 0) is 24.3 Å². The highest BCUT2D eigenvalue weighted by Gasteiger charge is 2.16. The highest BCUT2D eigenvalue weighted by Crippen LogP contribution is 2.26. The average molecular weight is 376 g/mol. The molecule has 0 amide bonds. The summed E-state index contributed by atoms with van der Waals surface area (Å²) in [7, 11) is -0.670. The smallest absolute Gasteiger partial charge is 0.240 e. The quantitative estimate of drug-likeness (QED) is 0.838. The molecule has 0 fully saturated rings. The molecule has 0 heterocycles. The molecule has 2 aromatic carbocycles. The van der Waals surface area contributed by atoms with Crippen molar-refractivity contribution < 1.29 is 17.9 Å². The van der Waals surface area contributed by atoms with E-state index in [4.69, 9.17) is 32.7 Å². The molecule has 2 aromatic rings. The molecule has 0 atom stereocenters. The first-order valence-corrected chi connectivity index (χ1v) is 8.77. The molecule has 0 aliphatic carbocycles. The van der Waals surface area contributed by atoms with Crippen LogP contribution in [0.5, 0.6) is 11.5 Å². The molecule has 0 bridgehead atoms. The molecule has 5 nitrogen and oxygen atoms in total. The van der Waals surface area contributed by atoms with Gasteiger partial charge >= 0.3 is 0 Å². The van der Waals surface area contributed by atoms with E-state index in [1.165, 1.54) is 25.3 Å². The molecule has 0 aliphatic heterocycles. The highest BCUT2D eigenvalue weighted by atomic mass is 35.5. The molecule has 23 heavy (non-hydrogen) atoms. The maximum atomic E-state index is 12.3. The van der Waals surface area contributed by atoms with Crippen molar-refractivity contribution in [2.75, 3.05) is 14.2 Å². The maximum absolute atomic E-state index is 12.3. The van der Waals surface area contributed by atoms with Gasteiger partial charge in [-0.1, -0.05) is 29.3 Å². The van der Waals surface area contributed by atoms with Crippen LogP contribution in [0.15, 0.2) is 41.3 Å². The van der Waals surface area contributed by atoms with Gasteiger partial charge in [0, 0.05) is 18.2 Å². The summed E-state index contributed by atoms with van der Waals surface area (Å²) in [5.74, 6) is 1.15. The Morgan fingerprint density at radius 2 is 1.74 bits per heavy atom. The van der Waals surface area contributed by atoms with Gasteiger partial charge in [0.1, 0.15) is 11.5 Å². The van der Waals surface area contributed by atoms with Crippen LogP contribution in [0.1, 0.15) is 5.56 Å². The lowest BCUT2D eigenvalue weighted by atomic mass is 10.2. The second-order valence-corrected chi connectivity index (χ2v) is 7.16. The van der Waals surface area contributed by atoms with Crippen LogP contribution in [0.4, 0.5) is 0 Å². The van der Waals surface area contributed by atoms with Crippen molar-refractivity contribution in [3.05, 3.63) is 52.0 Å². The summed E-state index contributed by atoms with van der Waals surface area (Å²) < 4.78 is 37.5. The molecule has 0 aliphatic rings. The van der Waals surface area contributed by atoms with E-state index in [2.05, 4.69) is 4.72 Å². The van der Waals surface area contributed by atoms with Crippen LogP contribution in [0.2, 0.25) is 10.0 Å². The number of hydrogen-bond acceptors (Lipinski definition) is 4. The van der Waals surface area contributed by atoms with Crippen LogP contribution in [-0.4, -0.2) is 22.6 Å². The monoisotopic (exact) mass is 375 g/mol. The van der Waals surface area contributed by atoms with Crippen molar-refractivity contribution in [1.29, 1.82) is 0 Å². The van der Waals surface area contributed by atoms with Gasteiger partial charge in [-0.3, -0.25) is 0 Å². The molecular formula is C15H15Cl2NO4S. The number of ether oxygens (including phenoxy) is 2. The largest absolute Gasteiger partial charge is 0.497 e. The van der Waals surface area contributed by atoms with E-state index in [-0.39, 0.29) is 16.5 Å². The van der Waals surface area contributed by atoms with Crippen LogP contribution >= 0.6 is 23.2 Å². The predicted molar refractivity (Wildman–Crippen MR) is 90.0 cm³/mol. The van der Waals surface area contributed by atoms with Crippen LogP contribution < -0.4 is 14.2 Å². The average Bonchev–Trinajstić information content (AvgIpc) is 2.55. The Morgan fingerprint density at radius 1 is 1.00 bits per heavy atom. The molecule has 1 N–H and O–H groups in total. The van der Waals surface area contributed by atoms with Gasteiger partial charge in [0.2, 0.25) is 10.0 Å². The Morgan fingerprint density at radius 3 is 2.35 bits per heavy atom. The molecule has 124 valence electrons. The second kappa shape index (κ2) is 7.40. The molecule has 0 saturated carbocycles. The fourth-order valence-corrected chi connectivity index (χ4v) is 3.29. The first-order valence-electron chi connectivity index (χ1n) is 6.53. The Balaban J connectivity index is 2.20. The van der Waals surface area contributed by atoms with E-state index in [1.54, 1.807) is 25.3 Å². The standard InChI is InChI=1S/C15H15Cl2NO4S/c1-21-11-4-3-10(15(7-11)22-2)9-18-23(19,20)12-5-6-13(16)14(17)8-12/h3-8,18H,9H2,1-2H3. The Labute approximate surface area is 145 Å². The van der Waals surface area contributed by atoms with Gasteiger partial charge in [-0.25, -0.2) is 13.1 Å². The number of sulfonamides is 1. The van der Waals surface area contributed by atoms with Crippen molar-refractivity contribution in [1.82, 2.24) is 4.72 Å². The SMILES string of the molecule is COc1ccc(CNS(=O)(=O)c2ccc(Cl)c(Cl)c2)c(OC)c1. The van der Waals surface area contributed by atoms with E-state index in [9.17, 15) is 8.42 Å². The Bertz CT molecular complexity index is 809. The van der Waals surface area contributed by atoms with E-state index < -0.39 is 10.0 Å². The molecule has 8 heteroatoms. The summed E-state index contributed by atoms with van der Waals surface area (Å²) in [5, 5.41) is 0.471. The summed E-state index contributed by atoms with van der Waals surface area (Å²) >= 11 is 11.7. The van der Waals surface area contributed by atoms with Crippen LogP contribution in [0.3, 0.4) is 0 Å². The van der Waals surface area contributed by atoms with E-state index in [0.717, 1.165) is 0 Å². The van der Waals surface area contributed by atoms with Gasteiger partial charge < -0.3 is 9.47 Å². The fourth-order valence-electron chi connectivity index (χ4n) is 1.90. The van der Waals surface area contributed by atoms with E-state index in [1.807, 2.05) is 0 Å². The molecule has 0 unspecified atom stereocenters. The van der Waals surface area contributed by atoms with E-state index >= 15 is 0 Å². The maximum Gasteiger partial charge on any atom is 0.240 e. The van der Waals surface area contributed by atoms with Crippen LogP contribution in [0, 0.1) is 0 Å². The van der Waals surface area contributed by atoms with Crippen molar-refractivity contribution in [3.8, 4) is 11.5 Å². The van der Waals surface area contributed by atoms with Crippen molar-refractivity contribution in [2.45, 2.75) is 11.4 Å². The van der Waals surface area contributed by atoms with Crippen LogP contribution in [-0.2, 0) is 16.6 Å². The number of nitrogens with one attached hydrogen (secondary N) is 1. The number of benzene rings is 2. The van der Waals surface area contributed by atoms with Crippen molar-refractivity contribution in [2.24, 2.45) is 0 Å². The predicted octanol–water partition coefficient (Wildman–Crippen LogP) is 3.49. The topological polar surface area (TPSA) is 64.6 Å². The number of methoxy groups -OCH3 is 2. The molecule has 0 aromatic heterocycles. The highest BCUT2D eigenvalue weighted by molar-refractivity contribution is 7.89. The van der Waals surface area contributed by atoms with Gasteiger partial charge in [0.25, 0.3) is 0 Å². The minimum absolute atomic E-state index is 0.0411. The molecule has 0 saturated heterocycles. The lowest BCUT2D eigenvalue weighted by Gasteiger charge is -2.12. The van der Waals surface area contributed by atoms with Crippen LogP contribution in [0.25, 0.3) is 0 Å². The van der Waals surface area contributed by atoms with Gasteiger partial charge in [0.15, 0.2) is 0 Å². The van der Waals surface area contributed by atoms with Crippen molar-refractivity contribution >= 4 is 33.2 Å². The molecule has 2 rings (SSSR count). The molecule has 0 spiro atoms. The fraction of sp³-hybridized carbons (Fsp3) is 0.200. The zero-order valence-corrected chi connectivity index (χ0v) is 14.8. The third-order valence-electron chi connectivity index (χ3n) is 3.15. The first-order chi connectivity index (χ1) is 10.9. The van der Waals surface area contributed by atoms with Gasteiger partial charge in [0.05, 0.1) is 29.2 Å². The van der Waals surface area contributed by atoms with Gasteiger partial charge in [-0.2, -0.15) is 0 Å². The minimum atomic E-state index is -3.72. The molecule has 0 radical (unpaired) electrons. The van der Waals surface area contributed by atoms with Crippen molar-refractivity contribution in [3.63, 3.8) is 0 Å². The lowest BCUT2D eigenvalue weighted by Crippen LogP contribution is -2.23. The zero-order valence-electron chi connectivity index (χ0n) is 12.5. The number of halogens is 2. The minimum Gasteiger partial charge on any atom is -0.497 e. The summed E-state index contributed by atoms with van der Waals surface area (Å²) in [6.07, 6.45) is 0. The Kier molecular flexibility index (Phi) is 5.75. The lowest BCUT2D eigenvalue weighted by molar-refractivity contribution is 0.390. The zero-order chi connectivity index (χ0) is 17.0. The summed E-state index contributed by atoms with van der Waals surface area (Å²) in [4.78, 5) is 0.0411. The van der Waals surface area contributed by atoms with E-state index in [0.29, 0.717) is 22.1 Å². The molecular weight excluding hydrogens is 361 g/mol. The number of hydrogen-bond donors (Lipinski definition) is 1. The van der Waals surface area contributed by atoms with Gasteiger partial charge in [-0.15, -0.1) is 0 Å². The normalized spacial score (nSPS) is 11.3. The Hall–Kier alpha value is -1.47. The summed E-state index contributed by atoms with van der Waals surface area (Å²) in [6.45, 7) is 0.0652. The number of rotatable bonds is 6. The third kappa shape index (κ3) is 4.29.